The Bertz CT molecular complexity index is 617. The van der Waals surface area contributed by atoms with Gasteiger partial charge in [0, 0.05) is 23.1 Å². The van der Waals surface area contributed by atoms with E-state index in [2.05, 4.69) is 33.5 Å². The molecule has 0 fully saturated rings. The zero-order chi connectivity index (χ0) is 15.8. The molecule has 23 heavy (non-hydrogen) atoms. The molecule has 0 heterocycles. The molecule has 0 aliphatic heterocycles. The Labute approximate surface area is 152 Å². The zero-order valence-corrected chi connectivity index (χ0v) is 15.5. The Balaban J connectivity index is 0.00000264. The molecule has 124 valence electrons. The van der Waals surface area contributed by atoms with Crippen LogP contribution in [0.1, 0.15) is 24.5 Å². The van der Waals surface area contributed by atoms with Gasteiger partial charge in [0.05, 0.1) is 0 Å². The molecule has 0 unspecified atom stereocenters. The number of halogens is 2. The highest BCUT2D eigenvalue weighted by Crippen LogP contribution is 2.16. The number of para-hydroxylation sites is 1. The van der Waals surface area contributed by atoms with Gasteiger partial charge in [-0.25, -0.2) is 0 Å². The van der Waals surface area contributed by atoms with E-state index in [1.165, 1.54) is 5.56 Å². The van der Waals surface area contributed by atoms with Crippen molar-refractivity contribution >= 4 is 39.9 Å². The summed E-state index contributed by atoms with van der Waals surface area (Å²) in [6, 6.07) is 16.0. The van der Waals surface area contributed by atoms with E-state index in [1.54, 1.807) is 0 Å². The van der Waals surface area contributed by atoms with Crippen molar-refractivity contribution in [2.24, 2.45) is 0 Å². The van der Waals surface area contributed by atoms with Crippen LogP contribution in [-0.4, -0.2) is 12.5 Å². The second-order valence-electron chi connectivity index (χ2n) is 5.11. The normalized spacial score (nSPS) is 10.0. The van der Waals surface area contributed by atoms with Gasteiger partial charge in [-0.2, -0.15) is 0 Å². The van der Waals surface area contributed by atoms with Gasteiger partial charge in [0.15, 0.2) is 0 Å². The highest BCUT2D eigenvalue weighted by molar-refractivity contribution is 9.10. The first kappa shape index (κ1) is 19.7. The SMILES string of the molecule is CCNCc1ccccc1NC(=O)CCc1ccc(Br)cc1.Cl. The maximum atomic E-state index is 12.1. The number of aryl methyl sites for hydroxylation is 1. The molecule has 0 radical (unpaired) electrons. The number of benzene rings is 2. The van der Waals surface area contributed by atoms with E-state index in [0.717, 1.165) is 35.2 Å². The fourth-order valence-corrected chi connectivity index (χ4v) is 2.44. The topological polar surface area (TPSA) is 41.1 Å². The minimum absolute atomic E-state index is 0. The van der Waals surface area contributed by atoms with E-state index < -0.39 is 0 Å². The Morgan fingerprint density at radius 1 is 1.09 bits per heavy atom. The van der Waals surface area contributed by atoms with E-state index in [-0.39, 0.29) is 18.3 Å². The molecule has 0 atom stereocenters. The molecule has 1 amide bonds. The molecule has 0 aromatic heterocycles. The number of hydrogen-bond acceptors (Lipinski definition) is 2. The van der Waals surface area contributed by atoms with Crippen molar-refractivity contribution in [1.82, 2.24) is 5.32 Å². The fraction of sp³-hybridized carbons (Fsp3) is 0.278. The lowest BCUT2D eigenvalue weighted by atomic mass is 10.1. The summed E-state index contributed by atoms with van der Waals surface area (Å²) in [5, 5.41) is 6.30. The van der Waals surface area contributed by atoms with Gasteiger partial charge in [0.2, 0.25) is 5.91 Å². The first-order chi connectivity index (χ1) is 10.7. The molecule has 3 nitrogen and oxygen atoms in total. The Morgan fingerprint density at radius 2 is 1.78 bits per heavy atom. The third kappa shape index (κ3) is 6.73. The molecule has 0 saturated carbocycles. The van der Waals surface area contributed by atoms with Crippen LogP contribution in [0.5, 0.6) is 0 Å². The Morgan fingerprint density at radius 3 is 2.48 bits per heavy atom. The summed E-state index contributed by atoms with van der Waals surface area (Å²) in [6.07, 6.45) is 1.23. The molecular formula is C18H22BrClN2O. The van der Waals surface area contributed by atoms with Crippen molar-refractivity contribution in [1.29, 1.82) is 0 Å². The van der Waals surface area contributed by atoms with Gasteiger partial charge in [-0.05, 0) is 42.3 Å². The van der Waals surface area contributed by atoms with Crippen LogP contribution >= 0.6 is 28.3 Å². The van der Waals surface area contributed by atoms with Crippen molar-refractivity contribution in [3.05, 3.63) is 64.1 Å². The number of carbonyl (C=O) groups excluding carboxylic acids is 1. The third-order valence-electron chi connectivity index (χ3n) is 3.41. The molecule has 0 aliphatic rings. The molecule has 5 heteroatoms. The average Bonchev–Trinajstić information content (AvgIpc) is 2.53. The second kappa shape index (κ2) is 10.4. The average molecular weight is 398 g/mol. The van der Waals surface area contributed by atoms with Crippen molar-refractivity contribution < 1.29 is 4.79 Å². The third-order valence-corrected chi connectivity index (χ3v) is 3.94. The van der Waals surface area contributed by atoms with Crippen LogP contribution in [0, 0.1) is 0 Å². The molecule has 2 aromatic rings. The van der Waals surface area contributed by atoms with Crippen molar-refractivity contribution in [2.75, 3.05) is 11.9 Å². The van der Waals surface area contributed by atoms with E-state index in [1.807, 2.05) is 48.5 Å². The van der Waals surface area contributed by atoms with Crippen molar-refractivity contribution in [2.45, 2.75) is 26.3 Å². The summed E-state index contributed by atoms with van der Waals surface area (Å²) in [7, 11) is 0. The standard InChI is InChI=1S/C18H21BrN2O.ClH/c1-2-20-13-15-5-3-4-6-17(15)21-18(22)12-9-14-7-10-16(19)11-8-14;/h3-8,10-11,20H,2,9,12-13H2,1H3,(H,21,22);1H. The Kier molecular flexibility index (Phi) is 8.92. The summed E-state index contributed by atoms with van der Waals surface area (Å²) in [5.41, 5.74) is 3.17. The molecule has 0 bridgehead atoms. The molecule has 0 aliphatic carbocycles. The van der Waals surface area contributed by atoms with Crippen LogP contribution in [0.4, 0.5) is 5.69 Å². The van der Waals surface area contributed by atoms with Gasteiger partial charge < -0.3 is 10.6 Å². The van der Waals surface area contributed by atoms with Crippen LogP contribution in [0.15, 0.2) is 53.0 Å². The van der Waals surface area contributed by atoms with Gasteiger partial charge >= 0.3 is 0 Å². The first-order valence-corrected chi connectivity index (χ1v) is 8.31. The Hall–Kier alpha value is -1.36. The largest absolute Gasteiger partial charge is 0.326 e. The van der Waals surface area contributed by atoms with E-state index in [4.69, 9.17) is 0 Å². The number of carbonyl (C=O) groups is 1. The fourth-order valence-electron chi connectivity index (χ4n) is 2.18. The van der Waals surface area contributed by atoms with Gasteiger partial charge in [-0.1, -0.05) is 53.2 Å². The molecule has 2 rings (SSSR count). The minimum atomic E-state index is 0. The zero-order valence-electron chi connectivity index (χ0n) is 13.1. The summed E-state index contributed by atoms with van der Waals surface area (Å²) in [6.45, 7) is 3.74. The highest BCUT2D eigenvalue weighted by Gasteiger charge is 2.06. The van der Waals surface area contributed by atoms with Crippen LogP contribution in [0.2, 0.25) is 0 Å². The lowest BCUT2D eigenvalue weighted by molar-refractivity contribution is -0.116. The van der Waals surface area contributed by atoms with E-state index in [0.29, 0.717) is 6.42 Å². The van der Waals surface area contributed by atoms with Gasteiger partial charge in [-0.3, -0.25) is 4.79 Å². The van der Waals surface area contributed by atoms with Crippen LogP contribution in [0.25, 0.3) is 0 Å². The number of amides is 1. The number of nitrogens with one attached hydrogen (secondary N) is 2. The van der Waals surface area contributed by atoms with Crippen LogP contribution in [-0.2, 0) is 17.8 Å². The number of hydrogen-bond donors (Lipinski definition) is 2. The van der Waals surface area contributed by atoms with Gasteiger partial charge in [0.25, 0.3) is 0 Å². The van der Waals surface area contributed by atoms with Crippen LogP contribution < -0.4 is 10.6 Å². The molecule has 0 saturated heterocycles. The smallest absolute Gasteiger partial charge is 0.224 e. The molecular weight excluding hydrogens is 376 g/mol. The first-order valence-electron chi connectivity index (χ1n) is 7.52. The minimum Gasteiger partial charge on any atom is -0.326 e. The second-order valence-corrected chi connectivity index (χ2v) is 6.03. The quantitative estimate of drug-likeness (QED) is 0.719. The summed E-state index contributed by atoms with van der Waals surface area (Å²) in [4.78, 5) is 12.1. The number of anilines is 1. The van der Waals surface area contributed by atoms with Gasteiger partial charge in [0.1, 0.15) is 0 Å². The van der Waals surface area contributed by atoms with Crippen LogP contribution in [0.3, 0.4) is 0 Å². The number of rotatable bonds is 7. The predicted molar refractivity (Wildman–Crippen MR) is 102 cm³/mol. The van der Waals surface area contributed by atoms with Gasteiger partial charge in [-0.15, -0.1) is 12.4 Å². The maximum absolute atomic E-state index is 12.1. The highest BCUT2D eigenvalue weighted by atomic mass is 79.9. The van der Waals surface area contributed by atoms with Crippen molar-refractivity contribution in [3.8, 4) is 0 Å². The molecule has 2 aromatic carbocycles. The monoisotopic (exact) mass is 396 g/mol. The van der Waals surface area contributed by atoms with Crippen molar-refractivity contribution in [3.63, 3.8) is 0 Å². The van der Waals surface area contributed by atoms with E-state index in [9.17, 15) is 4.79 Å². The molecule has 2 N–H and O–H groups in total. The summed E-state index contributed by atoms with van der Waals surface area (Å²) < 4.78 is 1.05. The lowest BCUT2D eigenvalue weighted by Crippen LogP contribution is -2.17. The summed E-state index contributed by atoms with van der Waals surface area (Å²) >= 11 is 3.41. The van der Waals surface area contributed by atoms with E-state index >= 15 is 0 Å². The lowest BCUT2D eigenvalue weighted by Gasteiger charge is -2.11. The summed E-state index contributed by atoms with van der Waals surface area (Å²) in [5.74, 6) is 0.0480. The predicted octanol–water partition coefficient (Wildman–Crippen LogP) is 4.55. The molecule has 0 spiro atoms. The maximum Gasteiger partial charge on any atom is 0.224 e.